The van der Waals surface area contributed by atoms with Crippen molar-refractivity contribution < 1.29 is 17.9 Å². The maximum Gasteiger partial charge on any atom is 0.250 e. The monoisotopic (exact) mass is 370 g/mol. The molecule has 0 amide bonds. The highest BCUT2D eigenvalue weighted by Crippen LogP contribution is 2.19. The lowest BCUT2D eigenvalue weighted by atomic mass is 10.2. The molecule has 2 aliphatic rings. The van der Waals surface area contributed by atoms with Gasteiger partial charge in [0.15, 0.2) is 0 Å². The number of pyridine rings is 1. The second-order valence-corrected chi connectivity index (χ2v) is 8.51. The quantitative estimate of drug-likeness (QED) is 0.675. The van der Waals surface area contributed by atoms with Crippen molar-refractivity contribution in [3.8, 4) is 0 Å². The Morgan fingerprint density at radius 1 is 1.16 bits per heavy atom. The Morgan fingerprint density at radius 2 is 1.96 bits per heavy atom. The summed E-state index contributed by atoms with van der Waals surface area (Å²) in [7, 11) is -3.53. The summed E-state index contributed by atoms with van der Waals surface area (Å²) in [6.07, 6.45) is 6.47. The summed E-state index contributed by atoms with van der Waals surface area (Å²) in [6, 6.07) is 2.72. The predicted octanol–water partition coefficient (Wildman–Crippen LogP) is 1.22. The van der Waals surface area contributed by atoms with Gasteiger partial charge >= 0.3 is 0 Å². The molecule has 7 nitrogen and oxygen atoms in total. The number of sulfonamides is 1. The van der Waals surface area contributed by atoms with Crippen molar-refractivity contribution in [3.05, 3.63) is 28.7 Å². The van der Waals surface area contributed by atoms with Crippen LogP contribution in [0.15, 0.2) is 28.0 Å². The van der Waals surface area contributed by atoms with E-state index in [1.165, 1.54) is 27.2 Å². The fourth-order valence-electron chi connectivity index (χ4n) is 3.24. The van der Waals surface area contributed by atoms with Gasteiger partial charge in [0.25, 0.3) is 5.56 Å². The second-order valence-electron chi connectivity index (χ2n) is 6.57. The van der Waals surface area contributed by atoms with Crippen LogP contribution >= 0.6 is 0 Å². The zero-order valence-corrected chi connectivity index (χ0v) is 15.2. The summed E-state index contributed by atoms with van der Waals surface area (Å²) in [5, 5.41) is 0. The molecular formula is C17H26N2O5S. The molecule has 3 heterocycles. The number of hydrogen-bond acceptors (Lipinski definition) is 5. The largest absolute Gasteiger partial charge is 0.377 e. The third-order valence-electron chi connectivity index (χ3n) is 4.71. The van der Waals surface area contributed by atoms with E-state index in [-0.39, 0.29) is 16.6 Å². The van der Waals surface area contributed by atoms with Crippen LogP contribution in [0.25, 0.3) is 0 Å². The number of piperidine rings is 1. The Hall–Kier alpha value is -1.22. The first kappa shape index (κ1) is 18.6. The molecule has 8 heteroatoms. The van der Waals surface area contributed by atoms with Crippen molar-refractivity contribution in [3.63, 3.8) is 0 Å². The molecule has 2 saturated heterocycles. The fourth-order valence-corrected chi connectivity index (χ4v) is 4.78. The van der Waals surface area contributed by atoms with Gasteiger partial charge in [-0.1, -0.05) is 6.42 Å². The van der Waals surface area contributed by atoms with Gasteiger partial charge in [-0.05, 0) is 31.7 Å². The van der Waals surface area contributed by atoms with Gasteiger partial charge in [0.05, 0.1) is 24.2 Å². The van der Waals surface area contributed by atoms with E-state index in [2.05, 4.69) is 0 Å². The molecule has 0 saturated carbocycles. The molecule has 2 aliphatic heterocycles. The predicted molar refractivity (Wildman–Crippen MR) is 93.1 cm³/mol. The Kier molecular flexibility index (Phi) is 6.27. The third kappa shape index (κ3) is 4.69. The van der Waals surface area contributed by atoms with Crippen molar-refractivity contribution in [2.45, 2.75) is 49.6 Å². The molecule has 25 heavy (non-hydrogen) atoms. The Balaban J connectivity index is 1.62. The highest BCUT2D eigenvalue weighted by atomic mass is 32.2. The number of ether oxygens (including phenoxy) is 2. The first-order valence-electron chi connectivity index (χ1n) is 8.97. The lowest BCUT2D eigenvalue weighted by Crippen LogP contribution is -2.36. The summed E-state index contributed by atoms with van der Waals surface area (Å²) in [5.41, 5.74) is -0.224. The van der Waals surface area contributed by atoms with E-state index in [1.54, 1.807) is 0 Å². The molecule has 0 spiro atoms. The van der Waals surface area contributed by atoms with Crippen LogP contribution in [0.4, 0.5) is 0 Å². The van der Waals surface area contributed by atoms with Gasteiger partial charge in [-0.3, -0.25) is 4.79 Å². The molecule has 1 unspecified atom stereocenters. The van der Waals surface area contributed by atoms with Gasteiger partial charge in [0.1, 0.15) is 0 Å². The number of rotatable bonds is 7. The Morgan fingerprint density at radius 3 is 2.68 bits per heavy atom. The summed E-state index contributed by atoms with van der Waals surface area (Å²) in [6.45, 7) is 3.07. The molecule has 0 radical (unpaired) electrons. The van der Waals surface area contributed by atoms with Crippen molar-refractivity contribution in [1.29, 1.82) is 0 Å². The van der Waals surface area contributed by atoms with Gasteiger partial charge in [-0.2, -0.15) is 4.31 Å². The fraction of sp³-hybridized carbons (Fsp3) is 0.706. The first-order valence-corrected chi connectivity index (χ1v) is 10.4. The van der Waals surface area contributed by atoms with Crippen LogP contribution in [-0.2, 0) is 26.0 Å². The van der Waals surface area contributed by atoms with Crippen LogP contribution in [-0.4, -0.2) is 56.3 Å². The van der Waals surface area contributed by atoms with E-state index < -0.39 is 10.0 Å². The zero-order valence-electron chi connectivity index (χ0n) is 14.4. The van der Waals surface area contributed by atoms with Crippen molar-refractivity contribution >= 4 is 10.0 Å². The van der Waals surface area contributed by atoms with Gasteiger partial charge < -0.3 is 14.0 Å². The van der Waals surface area contributed by atoms with Crippen molar-refractivity contribution in [1.82, 2.24) is 8.87 Å². The zero-order chi connectivity index (χ0) is 17.7. The molecule has 1 aromatic rings. The maximum atomic E-state index is 12.7. The van der Waals surface area contributed by atoms with Gasteiger partial charge in [-0.25, -0.2) is 8.42 Å². The average molecular weight is 370 g/mol. The smallest absolute Gasteiger partial charge is 0.250 e. The van der Waals surface area contributed by atoms with E-state index in [0.717, 1.165) is 38.7 Å². The SMILES string of the molecule is O=c1ccc(S(=O)(=O)N2CCCCC2)cn1CCOCC1CCCO1. The second kappa shape index (κ2) is 8.44. The highest BCUT2D eigenvalue weighted by molar-refractivity contribution is 7.89. The summed E-state index contributed by atoms with van der Waals surface area (Å²) in [4.78, 5) is 12.2. The molecule has 1 atom stereocenters. The number of hydrogen-bond donors (Lipinski definition) is 0. The van der Waals surface area contributed by atoms with Gasteiger partial charge in [-0.15, -0.1) is 0 Å². The average Bonchev–Trinajstić information content (AvgIpc) is 3.14. The lowest BCUT2D eigenvalue weighted by Gasteiger charge is -2.26. The molecule has 0 bridgehead atoms. The van der Waals surface area contributed by atoms with E-state index in [9.17, 15) is 13.2 Å². The minimum Gasteiger partial charge on any atom is -0.377 e. The number of aromatic nitrogens is 1. The minimum absolute atomic E-state index is 0.141. The number of nitrogens with zero attached hydrogens (tertiary/aromatic N) is 2. The van der Waals surface area contributed by atoms with E-state index in [0.29, 0.717) is 32.8 Å². The summed E-state index contributed by atoms with van der Waals surface area (Å²) >= 11 is 0. The molecular weight excluding hydrogens is 344 g/mol. The van der Waals surface area contributed by atoms with Crippen LogP contribution in [0, 0.1) is 0 Å². The van der Waals surface area contributed by atoms with E-state index >= 15 is 0 Å². The van der Waals surface area contributed by atoms with Crippen LogP contribution in [0.2, 0.25) is 0 Å². The summed E-state index contributed by atoms with van der Waals surface area (Å²) in [5.74, 6) is 0. The topological polar surface area (TPSA) is 77.8 Å². The van der Waals surface area contributed by atoms with Gasteiger partial charge in [0.2, 0.25) is 10.0 Å². The lowest BCUT2D eigenvalue weighted by molar-refractivity contribution is 0.0146. The van der Waals surface area contributed by atoms with Crippen molar-refractivity contribution in [2.75, 3.05) is 32.9 Å². The Labute approximate surface area is 148 Å². The molecule has 0 N–H and O–H groups in total. The Bertz CT molecular complexity index is 719. The standard InChI is InChI=1S/C17H26N2O5S/c20-17-7-6-16(25(21,22)19-8-2-1-3-9-19)13-18(17)10-12-23-14-15-5-4-11-24-15/h6-7,13,15H,1-5,8-12,14H2. The molecule has 140 valence electrons. The maximum absolute atomic E-state index is 12.7. The van der Waals surface area contributed by atoms with Crippen LogP contribution in [0.3, 0.4) is 0 Å². The highest BCUT2D eigenvalue weighted by Gasteiger charge is 2.26. The molecule has 1 aromatic heterocycles. The summed E-state index contributed by atoms with van der Waals surface area (Å²) < 4.78 is 39.4. The van der Waals surface area contributed by atoms with E-state index in [1.807, 2.05) is 0 Å². The molecule has 0 aromatic carbocycles. The molecule has 3 rings (SSSR count). The van der Waals surface area contributed by atoms with Gasteiger partial charge in [0, 0.05) is 38.5 Å². The van der Waals surface area contributed by atoms with Crippen LogP contribution in [0.5, 0.6) is 0 Å². The minimum atomic E-state index is -3.53. The first-order chi connectivity index (χ1) is 12.1. The van der Waals surface area contributed by atoms with E-state index in [4.69, 9.17) is 9.47 Å². The third-order valence-corrected chi connectivity index (χ3v) is 6.60. The van der Waals surface area contributed by atoms with Crippen LogP contribution < -0.4 is 5.56 Å². The normalized spacial score (nSPS) is 22.3. The molecule has 2 fully saturated rings. The van der Waals surface area contributed by atoms with Crippen molar-refractivity contribution in [2.24, 2.45) is 0 Å². The van der Waals surface area contributed by atoms with Crippen LogP contribution in [0.1, 0.15) is 32.1 Å². The molecule has 0 aliphatic carbocycles.